The number of hydrogen-bond acceptors (Lipinski definition) is 3. The molecule has 1 aromatic carbocycles. The Balaban J connectivity index is 1.99. The Hall–Kier alpha value is -1.91. The number of ether oxygens (including phenoxy) is 1. The van der Waals surface area contributed by atoms with Crippen LogP contribution >= 0.6 is 11.6 Å². The maximum Gasteiger partial charge on any atom is 0.253 e. The molecule has 4 nitrogen and oxygen atoms in total. The molecule has 0 aliphatic carbocycles. The summed E-state index contributed by atoms with van der Waals surface area (Å²) in [5.74, 6) is -0.176. The van der Waals surface area contributed by atoms with E-state index in [9.17, 15) is 4.79 Å². The third kappa shape index (κ3) is 4.55. The quantitative estimate of drug-likeness (QED) is 0.834. The van der Waals surface area contributed by atoms with Crippen LogP contribution < -0.4 is 5.32 Å². The number of carbonyl (C=O) groups excluding carboxylic acids is 1. The van der Waals surface area contributed by atoms with Gasteiger partial charge in [0, 0.05) is 19.3 Å². The molecule has 110 valence electrons. The first kappa shape index (κ1) is 15.5. The number of amides is 1. The number of hydrogen-bond donors (Lipinski definition) is 1. The highest BCUT2D eigenvalue weighted by molar-refractivity contribution is 6.29. The lowest BCUT2D eigenvalue weighted by atomic mass is 10.1. The maximum absolute atomic E-state index is 12.0. The summed E-state index contributed by atoms with van der Waals surface area (Å²) in [6.45, 7) is 3.62. The van der Waals surface area contributed by atoms with Gasteiger partial charge < -0.3 is 10.1 Å². The second-order valence-corrected chi connectivity index (χ2v) is 4.85. The number of nitrogens with one attached hydrogen (secondary N) is 1. The molecule has 1 amide bonds. The number of rotatable bonds is 6. The third-order valence-electron chi connectivity index (χ3n) is 3.01. The Labute approximate surface area is 129 Å². The van der Waals surface area contributed by atoms with E-state index in [4.69, 9.17) is 16.3 Å². The molecule has 2 rings (SSSR count). The monoisotopic (exact) mass is 304 g/mol. The Kier molecular flexibility index (Phi) is 5.72. The fourth-order valence-electron chi connectivity index (χ4n) is 1.87. The Morgan fingerprint density at radius 1 is 1.24 bits per heavy atom. The number of carbonyl (C=O) groups is 1. The van der Waals surface area contributed by atoms with Crippen LogP contribution in [-0.4, -0.2) is 17.5 Å². The molecule has 21 heavy (non-hydrogen) atoms. The number of nitrogens with zero attached hydrogens (tertiary/aromatic N) is 1. The van der Waals surface area contributed by atoms with E-state index in [1.807, 2.05) is 31.2 Å². The van der Waals surface area contributed by atoms with Gasteiger partial charge in [0.2, 0.25) is 0 Å². The highest BCUT2D eigenvalue weighted by Gasteiger charge is 2.07. The second kappa shape index (κ2) is 7.76. The average molecular weight is 305 g/mol. The highest BCUT2D eigenvalue weighted by atomic mass is 35.5. The lowest BCUT2D eigenvalue weighted by molar-refractivity contribution is 0.0949. The van der Waals surface area contributed by atoms with Crippen LogP contribution in [0.2, 0.25) is 5.15 Å². The highest BCUT2D eigenvalue weighted by Crippen LogP contribution is 2.11. The average Bonchev–Trinajstić information content (AvgIpc) is 2.52. The van der Waals surface area contributed by atoms with E-state index in [0.29, 0.717) is 30.5 Å². The summed E-state index contributed by atoms with van der Waals surface area (Å²) in [5, 5.41) is 3.24. The van der Waals surface area contributed by atoms with Crippen molar-refractivity contribution in [3.05, 3.63) is 64.4 Å². The van der Waals surface area contributed by atoms with Crippen LogP contribution in [0.5, 0.6) is 0 Å². The molecule has 0 unspecified atom stereocenters. The zero-order chi connectivity index (χ0) is 15.1. The van der Waals surface area contributed by atoms with Crippen LogP contribution in [0.3, 0.4) is 0 Å². The maximum atomic E-state index is 12.0. The van der Waals surface area contributed by atoms with E-state index in [1.165, 1.54) is 6.20 Å². The lowest BCUT2D eigenvalue weighted by Gasteiger charge is -2.10. The van der Waals surface area contributed by atoms with Gasteiger partial charge in [-0.3, -0.25) is 4.79 Å². The molecule has 0 aliphatic heterocycles. The smallest absolute Gasteiger partial charge is 0.253 e. The van der Waals surface area contributed by atoms with Gasteiger partial charge >= 0.3 is 0 Å². The molecule has 2 aromatic rings. The Morgan fingerprint density at radius 3 is 2.67 bits per heavy atom. The van der Waals surface area contributed by atoms with Crippen molar-refractivity contribution in [1.29, 1.82) is 0 Å². The summed E-state index contributed by atoms with van der Waals surface area (Å²) < 4.78 is 5.43. The second-order valence-electron chi connectivity index (χ2n) is 4.46. The fraction of sp³-hybridized carbons (Fsp3) is 0.250. The molecule has 0 aliphatic rings. The minimum Gasteiger partial charge on any atom is -0.377 e. The van der Waals surface area contributed by atoms with Gasteiger partial charge in [-0.25, -0.2) is 4.98 Å². The van der Waals surface area contributed by atoms with Crippen molar-refractivity contribution >= 4 is 17.5 Å². The molecule has 0 radical (unpaired) electrons. The van der Waals surface area contributed by atoms with E-state index in [1.54, 1.807) is 12.1 Å². The zero-order valence-electron chi connectivity index (χ0n) is 11.8. The van der Waals surface area contributed by atoms with Crippen molar-refractivity contribution in [2.75, 3.05) is 6.61 Å². The summed E-state index contributed by atoms with van der Waals surface area (Å²) in [5.41, 5.74) is 2.61. The predicted molar refractivity (Wildman–Crippen MR) is 82.2 cm³/mol. The van der Waals surface area contributed by atoms with Crippen LogP contribution in [0, 0.1) is 0 Å². The summed E-state index contributed by atoms with van der Waals surface area (Å²) in [6.07, 6.45) is 1.46. The molecular formula is C16H17ClN2O2. The van der Waals surface area contributed by atoms with Crippen LogP contribution in [0.1, 0.15) is 28.4 Å². The van der Waals surface area contributed by atoms with Crippen molar-refractivity contribution in [2.45, 2.75) is 20.1 Å². The van der Waals surface area contributed by atoms with Gasteiger partial charge in [0.15, 0.2) is 0 Å². The van der Waals surface area contributed by atoms with Gasteiger partial charge in [0.05, 0.1) is 12.2 Å². The largest absolute Gasteiger partial charge is 0.377 e. The van der Waals surface area contributed by atoms with Gasteiger partial charge in [0.1, 0.15) is 5.15 Å². The lowest BCUT2D eigenvalue weighted by Crippen LogP contribution is -2.23. The summed E-state index contributed by atoms with van der Waals surface area (Å²) in [6, 6.07) is 11.1. The predicted octanol–water partition coefficient (Wildman–Crippen LogP) is 3.20. The first-order valence-corrected chi connectivity index (χ1v) is 7.12. The molecule has 0 fully saturated rings. The van der Waals surface area contributed by atoms with Crippen molar-refractivity contribution in [2.24, 2.45) is 0 Å². The summed E-state index contributed by atoms with van der Waals surface area (Å²) in [4.78, 5) is 15.9. The normalized spacial score (nSPS) is 10.4. The first-order chi connectivity index (χ1) is 10.2. The molecule has 1 N–H and O–H groups in total. The number of benzene rings is 1. The topological polar surface area (TPSA) is 51.2 Å². The van der Waals surface area contributed by atoms with Crippen molar-refractivity contribution < 1.29 is 9.53 Å². The minimum atomic E-state index is -0.176. The molecule has 1 heterocycles. The summed E-state index contributed by atoms with van der Waals surface area (Å²) in [7, 11) is 0. The zero-order valence-corrected chi connectivity index (χ0v) is 12.6. The summed E-state index contributed by atoms with van der Waals surface area (Å²) >= 11 is 5.70. The standard InChI is InChI=1S/C16H17ClN2O2/c1-2-21-11-14-6-4-3-5-12(14)9-19-16(20)13-7-8-15(17)18-10-13/h3-8,10H,2,9,11H2,1H3,(H,19,20). The minimum absolute atomic E-state index is 0.176. The van der Waals surface area contributed by atoms with Crippen LogP contribution in [0.15, 0.2) is 42.6 Å². The van der Waals surface area contributed by atoms with E-state index < -0.39 is 0 Å². The Morgan fingerprint density at radius 2 is 2.00 bits per heavy atom. The molecular weight excluding hydrogens is 288 g/mol. The van der Waals surface area contributed by atoms with Crippen molar-refractivity contribution in [3.63, 3.8) is 0 Å². The van der Waals surface area contributed by atoms with E-state index >= 15 is 0 Å². The number of aromatic nitrogens is 1. The van der Waals surface area contributed by atoms with Crippen molar-refractivity contribution in [3.8, 4) is 0 Å². The van der Waals surface area contributed by atoms with Gasteiger partial charge in [-0.15, -0.1) is 0 Å². The molecule has 1 aromatic heterocycles. The molecule has 0 atom stereocenters. The van der Waals surface area contributed by atoms with Gasteiger partial charge in [-0.1, -0.05) is 35.9 Å². The molecule has 5 heteroatoms. The van der Waals surface area contributed by atoms with E-state index in [2.05, 4.69) is 10.3 Å². The molecule has 0 spiro atoms. The number of halogens is 1. The van der Waals surface area contributed by atoms with Crippen molar-refractivity contribution in [1.82, 2.24) is 10.3 Å². The van der Waals surface area contributed by atoms with Crippen LogP contribution in [0.4, 0.5) is 0 Å². The van der Waals surface area contributed by atoms with Gasteiger partial charge in [-0.05, 0) is 30.2 Å². The number of pyridine rings is 1. The molecule has 0 saturated heterocycles. The van der Waals surface area contributed by atoms with Crippen LogP contribution in [0.25, 0.3) is 0 Å². The molecule has 0 bridgehead atoms. The Bertz CT molecular complexity index is 599. The third-order valence-corrected chi connectivity index (χ3v) is 3.23. The molecule has 0 saturated carbocycles. The fourth-order valence-corrected chi connectivity index (χ4v) is 1.98. The SMILES string of the molecule is CCOCc1ccccc1CNC(=O)c1ccc(Cl)nc1. The van der Waals surface area contributed by atoms with E-state index in [-0.39, 0.29) is 5.91 Å². The van der Waals surface area contributed by atoms with Gasteiger partial charge in [-0.2, -0.15) is 0 Å². The van der Waals surface area contributed by atoms with Crippen LogP contribution in [-0.2, 0) is 17.9 Å². The first-order valence-electron chi connectivity index (χ1n) is 6.75. The van der Waals surface area contributed by atoms with E-state index in [0.717, 1.165) is 11.1 Å². The van der Waals surface area contributed by atoms with Gasteiger partial charge in [0.25, 0.3) is 5.91 Å².